The standard InChI is InChI=1S/C22H23NO9S/c24-21(25)16-10-15(11-19-20(16)30-8-7-29-19)33(26,27)23-12-22(3-5-28-6-4-22)14-1-2-17-18(9-14)32-13-31-17/h1-2,9-11,23H,3-8,12-13H2,(H,24,25). The van der Waals surface area contributed by atoms with E-state index in [1.54, 1.807) is 0 Å². The molecule has 0 bridgehead atoms. The fourth-order valence-corrected chi connectivity index (χ4v) is 5.48. The summed E-state index contributed by atoms with van der Waals surface area (Å²) in [5.74, 6) is 0.111. The average molecular weight is 477 g/mol. The Morgan fingerprint density at radius 2 is 1.70 bits per heavy atom. The third-order valence-electron chi connectivity index (χ3n) is 6.19. The number of sulfonamides is 1. The fourth-order valence-electron chi connectivity index (χ4n) is 4.31. The summed E-state index contributed by atoms with van der Waals surface area (Å²) in [4.78, 5) is 11.5. The summed E-state index contributed by atoms with van der Waals surface area (Å²) in [5, 5.41) is 9.54. The number of carbonyl (C=O) groups is 1. The zero-order chi connectivity index (χ0) is 23.1. The highest BCUT2D eigenvalue weighted by Gasteiger charge is 2.37. The molecule has 33 heavy (non-hydrogen) atoms. The predicted octanol–water partition coefficient (Wildman–Crippen LogP) is 1.91. The molecule has 1 saturated heterocycles. The molecular formula is C22H23NO9S. The van der Waals surface area contributed by atoms with Gasteiger partial charge in [-0.1, -0.05) is 6.07 Å². The van der Waals surface area contributed by atoms with Gasteiger partial charge in [-0.3, -0.25) is 0 Å². The molecule has 0 aromatic heterocycles. The molecule has 3 aliphatic heterocycles. The van der Waals surface area contributed by atoms with Crippen LogP contribution in [-0.2, 0) is 20.2 Å². The van der Waals surface area contributed by atoms with E-state index in [1.807, 2.05) is 18.2 Å². The first-order chi connectivity index (χ1) is 15.9. The first-order valence-electron chi connectivity index (χ1n) is 10.5. The van der Waals surface area contributed by atoms with Crippen LogP contribution in [0.3, 0.4) is 0 Å². The molecule has 0 radical (unpaired) electrons. The zero-order valence-corrected chi connectivity index (χ0v) is 18.5. The lowest BCUT2D eigenvalue weighted by Crippen LogP contribution is -2.44. The van der Waals surface area contributed by atoms with Crippen LogP contribution >= 0.6 is 0 Å². The zero-order valence-electron chi connectivity index (χ0n) is 17.7. The van der Waals surface area contributed by atoms with Crippen LogP contribution in [0.2, 0.25) is 0 Å². The van der Waals surface area contributed by atoms with E-state index in [0.717, 1.165) is 11.6 Å². The minimum absolute atomic E-state index is 0.0361. The van der Waals surface area contributed by atoms with E-state index in [2.05, 4.69) is 4.72 Å². The largest absolute Gasteiger partial charge is 0.486 e. The normalized spacial score (nSPS) is 18.7. The molecule has 1 fully saturated rings. The van der Waals surface area contributed by atoms with E-state index in [1.165, 1.54) is 6.07 Å². The second kappa shape index (κ2) is 8.40. The number of carboxylic acid groups (broad SMARTS) is 1. The Bertz CT molecular complexity index is 1190. The summed E-state index contributed by atoms with van der Waals surface area (Å²) in [6, 6.07) is 8.01. The summed E-state index contributed by atoms with van der Waals surface area (Å²) >= 11 is 0. The maximum absolute atomic E-state index is 13.2. The molecule has 0 amide bonds. The molecule has 10 nitrogen and oxygen atoms in total. The highest BCUT2D eigenvalue weighted by atomic mass is 32.2. The van der Waals surface area contributed by atoms with Crippen molar-refractivity contribution in [3.05, 3.63) is 41.5 Å². The molecule has 0 aliphatic carbocycles. The molecule has 3 aliphatic rings. The quantitative estimate of drug-likeness (QED) is 0.641. The summed E-state index contributed by atoms with van der Waals surface area (Å²) < 4.78 is 56.4. The Morgan fingerprint density at radius 1 is 0.939 bits per heavy atom. The number of aromatic carboxylic acids is 1. The number of hydrogen-bond donors (Lipinski definition) is 2. The Kier molecular flexibility index (Phi) is 5.55. The third kappa shape index (κ3) is 4.07. The van der Waals surface area contributed by atoms with E-state index >= 15 is 0 Å². The van der Waals surface area contributed by atoms with Crippen LogP contribution in [0.25, 0.3) is 0 Å². The van der Waals surface area contributed by atoms with Crippen molar-refractivity contribution in [2.24, 2.45) is 0 Å². The van der Waals surface area contributed by atoms with Crippen molar-refractivity contribution in [3.63, 3.8) is 0 Å². The lowest BCUT2D eigenvalue weighted by molar-refractivity contribution is 0.0516. The molecule has 176 valence electrons. The topological polar surface area (TPSA) is 130 Å². The van der Waals surface area contributed by atoms with Crippen molar-refractivity contribution >= 4 is 16.0 Å². The van der Waals surface area contributed by atoms with Crippen LogP contribution in [0.15, 0.2) is 35.2 Å². The summed E-state index contributed by atoms with van der Waals surface area (Å²) in [5.41, 5.74) is 0.144. The van der Waals surface area contributed by atoms with Gasteiger partial charge in [-0.2, -0.15) is 0 Å². The predicted molar refractivity (Wildman–Crippen MR) is 114 cm³/mol. The van der Waals surface area contributed by atoms with Crippen molar-refractivity contribution in [3.8, 4) is 23.0 Å². The van der Waals surface area contributed by atoms with Gasteiger partial charge in [0, 0.05) is 31.2 Å². The second-order valence-electron chi connectivity index (χ2n) is 8.09. The third-order valence-corrected chi connectivity index (χ3v) is 7.57. The van der Waals surface area contributed by atoms with Crippen molar-refractivity contribution in [2.75, 3.05) is 39.8 Å². The lowest BCUT2D eigenvalue weighted by Gasteiger charge is -2.38. The van der Waals surface area contributed by atoms with E-state index in [0.29, 0.717) is 37.6 Å². The molecule has 3 heterocycles. The molecule has 2 N–H and O–H groups in total. The number of benzene rings is 2. The summed E-state index contributed by atoms with van der Waals surface area (Å²) in [6.07, 6.45) is 1.22. The monoisotopic (exact) mass is 477 g/mol. The van der Waals surface area contributed by atoms with Gasteiger partial charge in [0.15, 0.2) is 23.0 Å². The van der Waals surface area contributed by atoms with Crippen LogP contribution in [0.1, 0.15) is 28.8 Å². The highest BCUT2D eigenvalue weighted by Crippen LogP contribution is 2.41. The van der Waals surface area contributed by atoms with Gasteiger partial charge in [-0.05, 0) is 36.6 Å². The molecule has 0 spiro atoms. The summed E-state index contributed by atoms with van der Waals surface area (Å²) in [6.45, 7) is 1.63. The van der Waals surface area contributed by atoms with Crippen molar-refractivity contribution < 1.29 is 42.0 Å². The van der Waals surface area contributed by atoms with E-state index in [9.17, 15) is 18.3 Å². The van der Waals surface area contributed by atoms with Crippen molar-refractivity contribution in [1.82, 2.24) is 4.72 Å². The Labute approximate surface area is 190 Å². The van der Waals surface area contributed by atoms with Gasteiger partial charge < -0.3 is 28.8 Å². The maximum atomic E-state index is 13.2. The number of hydrogen-bond acceptors (Lipinski definition) is 8. The Balaban J connectivity index is 1.45. The number of nitrogens with one attached hydrogen (secondary N) is 1. The van der Waals surface area contributed by atoms with E-state index < -0.39 is 21.4 Å². The maximum Gasteiger partial charge on any atom is 0.339 e. The van der Waals surface area contributed by atoms with E-state index in [-0.39, 0.29) is 48.5 Å². The van der Waals surface area contributed by atoms with E-state index in [4.69, 9.17) is 23.7 Å². The Hall–Kier alpha value is -3.02. The Morgan fingerprint density at radius 3 is 2.48 bits per heavy atom. The molecule has 0 atom stereocenters. The van der Waals surface area contributed by atoms with Gasteiger partial charge in [0.25, 0.3) is 0 Å². The van der Waals surface area contributed by atoms with Gasteiger partial charge >= 0.3 is 5.97 Å². The first-order valence-corrected chi connectivity index (χ1v) is 12.0. The van der Waals surface area contributed by atoms with Gasteiger partial charge in [0.2, 0.25) is 16.8 Å². The first kappa shape index (κ1) is 21.8. The van der Waals surface area contributed by atoms with Crippen LogP contribution < -0.4 is 23.7 Å². The SMILES string of the molecule is O=C(O)c1cc(S(=O)(=O)NCC2(c3ccc4c(c3)OCO4)CCOCC2)cc2c1OCCO2. The second-order valence-corrected chi connectivity index (χ2v) is 9.85. The van der Waals surface area contributed by atoms with Gasteiger partial charge in [-0.25, -0.2) is 17.9 Å². The number of carboxylic acids is 1. The minimum Gasteiger partial charge on any atom is -0.486 e. The number of rotatable bonds is 6. The van der Waals surface area contributed by atoms with Gasteiger partial charge in [0.1, 0.15) is 18.8 Å². The van der Waals surface area contributed by atoms with Crippen molar-refractivity contribution in [2.45, 2.75) is 23.2 Å². The molecular weight excluding hydrogens is 454 g/mol. The van der Waals surface area contributed by atoms with Crippen molar-refractivity contribution in [1.29, 1.82) is 0 Å². The van der Waals surface area contributed by atoms with Crippen LogP contribution in [0.4, 0.5) is 0 Å². The van der Waals surface area contributed by atoms with Crippen LogP contribution in [0, 0.1) is 0 Å². The minimum atomic E-state index is -4.05. The molecule has 0 unspecified atom stereocenters. The smallest absolute Gasteiger partial charge is 0.339 e. The van der Waals surface area contributed by atoms with Crippen LogP contribution in [-0.4, -0.2) is 59.3 Å². The highest BCUT2D eigenvalue weighted by molar-refractivity contribution is 7.89. The number of ether oxygens (including phenoxy) is 5. The van der Waals surface area contributed by atoms with Gasteiger partial charge in [0.05, 0.1) is 4.90 Å². The lowest BCUT2D eigenvalue weighted by atomic mass is 9.74. The molecule has 5 rings (SSSR count). The molecule has 2 aromatic carbocycles. The molecule has 2 aromatic rings. The summed E-state index contributed by atoms with van der Waals surface area (Å²) in [7, 11) is -4.05. The van der Waals surface area contributed by atoms with Crippen LogP contribution in [0.5, 0.6) is 23.0 Å². The fraction of sp³-hybridized carbons (Fsp3) is 0.409. The number of fused-ring (bicyclic) bond motifs is 2. The average Bonchev–Trinajstić information content (AvgIpc) is 3.31. The molecule has 0 saturated carbocycles. The molecule has 11 heteroatoms. The van der Waals surface area contributed by atoms with Gasteiger partial charge in [-0.15, -0.1) is 0 Å².